The Kier molecular flexibility index (Phi) is 4.67. The quantitative estimate of drug-likeness (QED) is 0.751. The molecule has 19 heavy (non-hydrogen) atoms. The first-order valence-electron chi connectivity index (χ1n) is 7.70. The van der Waals surface area contributed by atoms with Gasteiger partial charge in [0.05, 0.1) is 5.60 Å². The number of aliphatic hydroxyl groups is 1. The van der Waals surface area contributed by atoms with Crippen LogP contribution in [-0.4, -0.2) is 23.2 Å². The van der Waals surface area contributed by atoms with Crippen LogP contribution in [0.5, 0.6) is 0 Å². The summed E-state index contributed by atoms with van der Waals surface area (Å²) in [6.45, 7) is 5.76. The Balaban J connectivity index is 2.04. The Morgan fingerprint density at radius 3 is 1.95 bits per heavy atom. The van der Waals surface area contributed by atoms with Crippen LogP contribution in [0, 0.1) is 11.8 Å². The summed E-state index contributed by atoms with van der Waals surface area (Å²) in [6.07, 6.45) is 9.29. The number of nitrogens with one attached hydrogen (secondary N) is 1. The highest BCUT2D eigenvalue weighted by Gasteiger charge is 2.45. The van der Waals surface area contributed by atoms with Gasteiger partial charge in [-0.2, -0.15) is 0 Å². The fourth-order valence-electron chi connectivity index (χ4n) is 3.85. The van der Waals surface area contributed by atoms with E-state index in [1.165, 1.54) is 25.7 Å². The van der Waals surface area contributed by atoms with E-state index in [1.807, 2.05) is 0 Å². The molecule has 2 rings (SSSR count). The second kappa shape index (κ2) is 6.08. The standard InChI is InChI=1S/C16H27NO2/c1-12(2)15(18)17-11-16(19,13-7-3-4-8-13)14-9-5-6-10-14/h13-14,19H,1,3-11H2,2H3,(H,17,18). The third kappa shape index (κ3) is 3.19. The summed E-state index contributed by atoms with van der Waals surface area (Å²) < 4.78 is 0. The van der Waals surface area contributed by atoms with Crippen molar-refractivity contribution in [2.75, 3.05) is 6.54 Å². The lowest BCUT2D eigenvalue weighted by Crippen LogP contribution is -2.52. The second-order valence-electron chi connectivity index (χ2n) is 6.42. The third-order valence-electron chi connectivity index (χ3n) is 5.04. The third-order valence-corrected chi connectivity index (χ3v) is 5.04. The van der Waals surface area contributed by atoms with Crippen LogP contribution in [0.2, 0.25) is 0 Å². The Morgan fingerprint density at radius 2 is 1.58 bits per heavy atom. The molecule has 0 aliphatic heterocycles. The molecular weight excluding hydrogens is 238 g/mol. The van der Waals surface area contributed by atoms with Gasteiger partial charge in [0, 0.05) is 12.1 Å². The van der Waals surface area contributed by atoms with Gasteiger partial charge in [-0.15, -0.1) is 0 Å². The van der Waals surface area contributed by atoms with Crippen LogP contribution in [0.3, 0.4) is 0 Å². The van der Waals surface area contributed by atoms with Gasteiger partial charge in [0.25, 0.3) is 0 Å². The summed E-state index contributed by atoms with van der Waals surface area (Å²) in [5.41, 5.74) is -0.182. The molecule has 0 aromatic heterocycles. The van der Waals surface area contributed by atoms with E-state index in [-0.39, 0.29) is 5.91 Å². The molecule has 2 aliphatic carbocycles. The molecule has 2 saturated carbocycles. The van der Waals surface area contributed by atoms with Crippen molar-refractivity contribution in [1.29, 1.82) is 0 Å². The molecule has 0 aromatic rings. The average molecular weight is 265 g/mol. The first-order chi connectivity index (χ1) is 9.04. The van der Waals surface area contributed by atoms with Crippen LogP contribution in [0.15, 0.2) is 12.2 Å². The Hall–Kier alpha value is -0.830. The maximum Gasteiger partial charge on any atom is 0.246 e. The van der Waals surface area contributed by atoms with E-state index in [9.17, 15) is 9.90 Å². The lowest BCUT2D eigenvalue weighted by molar-refractivity contribution is -0.121. The minimum Gasteiger partial charge on any atom is -0.387 e. The average Bonchev–Trinajstić information content (AvgIpc) is 3.06. The van der Waals surface area contributed by atoms with E-state index in [2.05, 4.69) is 11.9 Å². The normalized spacial score (nSPS) is 21.8. The van der Waals surface area contributed by atoms with Crippen LogP contribution >= 0.6 is 0 Å². The molecule has 0 saturated heterocycles. The maximum absolute atomic E-state index is 11.7. The fourth-order valence-corrected chi connectivity index (χ4v) is 3.85. The molecule has 3 heteroatoms. The van der Waals surface area contributed by atoms with Crippen LogP contribution in [0.4, 0.5) is 0 Å². The van der Waals surface area contributed by atoms with Crippen molar-refractivity contribution < 1.29 is 9.90 Å². The monoisotopic (exact) mass is 265 g/mol. The number of carbonyl (C=O) groups is 1. The van der Waals surface area contributed by atoms with Crippen molar-refractivity contribution >= 4 is 5.91 Å². The van der Waals surface area contributed by atoms with Gasteiger partial charge in [0.1, 0.15) is 0 Å². The lowest BCUT2D eigenvalue weighted by atomic mass is 9.75. The van der Waals surface area contributed by atoms with Crippen LogP contribution in [0.25, 0.3) is 0 Å². The Morgan fingerprint density at radius 1 is 1.16 bits per heavy atom. The highest BCUT2D eigenvalue weighted by Crippen LogP contribution is 2.44. The minimum absolute atomic E-state index is 0.130. The predicted molar refractivity (Wildman–Crippen MR) is 76.7 cm³/mol. The molecule has 108 valence electrons. The summed E-state index contributed by atoms with van der Waals surface area (Å²) in [4.78, 5) is 11.7. The highest BCUT2D eigenvalue weighted by molar-refractivity contribution is 5.92. The van der Waals surface area contributed by atoms with Crippen molar-refractivity contribution in [1.82, 2.24) is 5.32 Å². The molecule has 2 N–H and O–H groups in total. The summed E-state index contributed by atoms with van der Waals surface area (Å²) in [7, 11) is 0. The molecule has 2 aliphatic rings. The molecular formula is C16H27NO2. The van der Waals surface area contributed by atoms with Gasteiger partial charge in [-0.05, 0) is 44.4 Å². The zero-order valence-corrected chi connectivity index (χ0v) is 12.1. The van der Waals surface area contributed by atoms with E-state index in [4.69, 9.17) is 0 Å². The molecule has 0 radical (unpaired) electrons. The number of hydrogen-bond acceptors (Lipinski definition) is 2. The smallest absolute Gasteiger partial charge is 0.246 e. The summed E-state index contributed by atoms with van der Waals surface area (Å²) in [6, 6.07) is 0. The van der Waals surface area contributed by atoms with Gasteiger partial charge >= 0.3 is 0 Å². The zero-order valence-electron chi connectivity index (χ0n) is 12.1. The summed E-state index contributed by atoms with van der Waals surface area (Å²) in [5.74, 6) is 0.594. The van der Waals surface area contributed by atoms with Gasteiger partial charge in [0.15, 0.2) is 0 Å². The summed E-state index contributed by atoms with van der Waals surface area (Å²) in [5, 5.41) is 14.1. The van der Waals surface area contributed by atoms with E-state index in [0.29, 0.717) is 24.0 Å². The van der Waals surface area contributed by atoms with Crippen LogP contribution in [0.1, 0.15) is 58.3 Å². The van der Waals surface area contributed by atoms with E-state index in [1.54, 1.807) is 6.92 Å². The molecule has 0 atom stereocenters. The largest absolute Gasteiger partial charge is 0.387 e. The van der Waals surface area contributed by atoms with Crippen LogP contribution in [-0.2, 0) is 4.79 Å². The fraction of sp³-hybridized carbons (Fsp3) is 0.812. The first-order valence-corrected chi connectivity index (χ1v) is 7.70. The van der Waals surface area contributed by atoms with Crippen molar-refractivity contribution in [3.8, 4) is 0 Å². The Labute approximate surface area is 116 Å². The van der Waals surface area contributed by atoms with E-state index >= 15 is 0 Å². The van der Waals surface area contributed by atoms with Crippen molar-refractivity contribution in [3.63, 3.8) is 0 Å². The maximum atomic E-state index is 11.7. The molecule has 2 fully saturated rings. The SMILES string of the molecule is C=C(C)C(=O)NCC(O)(C1CCCC1)C1CCCC1. The van der Waals surface area contributed by atoms with Gasteiger partial charge in [-0.3, -0.25) is 4.79 Å². The van der Waals surface area contributed by atoms with Crippen molar-refractivity contribution in [3.05, 3.63) is 12.2 Å². The van der Waals surface area contributed by atoms with Crippen molar-refractivity contribution in [2.24, 2.45) is 11.8 Å². The Bertz CT molecular complexity index is 323. The first kappa shape index (κ1) is 14.6. The molecule has 1 amide bonds. The highest BCUT2D eigenvalue weighted by atomic mass is 16.3. The molecule has 0 heterocycles. The molecule has 0 aromatic carbocycles. The van der Waals surface area contributed by atoms with E-state index in [0.717, 1.165) is 25.7 Å². The van der Waals surface area contributed by atoms with Gasteiger partial charge in [0.2, 0.25) is 5.91 Å². The van der Waals surface area contributed by atoms with Gasteiger partial charge in [-0.1, -0.05) is 32.3 Å². The summed E-state index contributed by atoms with van der Waals surface area (Å²) >= 11 is 0. The molecule has 3 nitrogen and oxygen atoms in total. The molecule has 0 bridgehead atoms. The number of amides is 1. The molecule has 0 spiro atoms. The van der Waals surface area contributed by atoms with E-state index < -0.39 is 5.60 Å². The minimum atomic E-state index is -0.696. The number of hydrogen-bond donors (Lipinski definition) is 2. The number of carbonyl (C=O) groups excluding carboxylic acids is 1. The van der Waals surface area contributed by atoms with Gasteiger partial charge in [-0.25, -0.2) is 0 Å². The topological polar surface area (TPSA) is 49.3 Å². The predicted octanol–water partition coefficient (Wildman–Crippen LogP) is 2.79. The van der Waals surface area contributed by atoms with Crippen molar-refractivity contribution in [2.45, 2.75) is 63.9 Å². The van der Waals surface area contributed by atoms with Crippen LogP contribution < -0.4 is 5.32 Å². The lowest BCUT2D eigenvalue weighted by Gasteiger charge is -2.39. The zero-order chi connectivity index (χ0) is 13.9. The second-order valence-corrected chi connectivity index (χ2v) is 6.42. The van der Waals surface area contributed by atoms with Gasteiger partial charge < -0.3 is 10.4 Å². The molecule has 0 unspecified atom stereocenters. The number of rotatable bonds is 5.